The number of piperazine rings is 1. The van der Waals surface area contributed by atoms with Crippen LogP contribution in [0, 0.1) is 6.92 Å². The average Bonchev–Trinajstić information content (AvgIpc) is 3.51. The molecular formula is C23H24N4O2S2. The van der Waals surface area contributed by atoms with Gasteiger partial charge in [-0.3, -0.25) is 19.4 Å². The van der Waals surface area contributed by atoms with Crippen LogP contribution in [-0.4, -0.2) is 52.8 Å². The molecule has 2 aliphatic heterocycles. The fourth-order valence-corrected chi connectivity index (χ4v) is 6.00. The largest absolute Gasteiger partial charge is 0.368 e. The zero-order valence-electron chi connectivity index (χ0n) is 17.6. The third kappa shape index (κ3) is 3.58. The summed E-state index contributed by atoms with van der Waals surface area (Å²) in [6.45, 7) is 8.54. The van der Waals surface area contributed by atoms with E-state index in [0.717, 1.165) is 43.4 Å². The number of thiophene rings is 1. The van der Waals surface area contributed by atoms with Gasteiger partial charge in [-0.1, -0.05) is 6.07 Å². The van der Waals surface area contributed by atoms with E-state index in [1.54, 1.807) is 12.3 Å². The minimum absolute atomic E-state index is 0.213. The maximum Gasteiger partial charge on any atom is 0.264 e. The van der Waals surface area contributed by atoms with Crippen molar-refractivity contribution >= 4 is 40.2 Å². The predicted molar refractivity (Wildman–Crippen MR) is 124 cm³/mol. The quantitative estimate of drug-likeness (QED) is 0.543. The molecule has 1 atom stereocenters. The predicted octanol–water partition coefficient (Wildman–Crippen LogP) is 4.19. The van der Waals surface area contributed by atoms with Gasteiger partial charge in [0, 0.05) is 49.2 Å². The van der Waals surface area contributed by atoms with Crippen molar-refractivity contribution in [1.29, 1.82) is 0 Å². The van der Waals surface area contributed by atoms with E-state index >= 15 is 0 Å². The number of benzene rings is 1. The smallest absolute Gasteiger partial charge is 0.264 e. The zero-order chi connectivity index (χ0) is 21.5. The summed E-state index contributed by atoms with van der Waals surface area (Å²) >= 11 is 3.27. The molecule has 8 heteroatoms. The van der Waals surface area contributed by atoms with Gasteiger partial charge < -0.3 is 4.90 Å². The summed E-state index contributed by atoms with van der Waals surface area (Å²) in [7, 11) is 0. The number of carbonyl (C=O) groups is 2. The van der Waals surface area contributed by atoms with Crippen molar-refractivity contribution in [2.75, 3.05) is 31.1 Å². The Hall–Kier alpha value is -2.55. The first-order valence-electron chi connectivity index (χ1n) is 10.4. The SMILES string of the molecule is Cc1ccsc1CN1CCN(c2cccc3c2C(=O)N(C(C)c2nccs2)C3=O)CC1. The topological polar surface area (TPSA) is 56.8 Å². The number of thiazole rings is 1. The van der Waals surface area contributed by atoms with Gasteiger partial charge in [-0.2, -0.15) is 0 Å². The van der Waals surface area contributed by atoms with Gasteiger partial charge in [0.25, 0.3) is 11.8 Å². The molecule has 3 aromatic rings. The summed E-state index contributed by atoms with van der Waals surface area (Å²) < 4.78 is 0. The van der Waals surface area contributed by atoms with Crippen molar-refractivity contribution in [2.24, 2.45) is 0 Å². The van der Waals surface area contributed by atoms with Gasteiger partial charge >= 0.3 is 0 Å². The molecule has 2 aromatic heterocycles. The number of hydrogen-bond donors (Lipinski definition) is 0. The lowest BCUT2D eigenvalue weighted by atomic mass is 10.1. The van der Waals surface area contributed by atoms with Crippen molar-refractivity contribution in [3.8, 4) is 0 Å². The summed E-state index contributed by atoms with van der Waals surface area (Å²) in [6, 6.07) is 7.43. The Kier molecular flexibility index (Phi) is 5.37. The van der Waals surface area contributed by atoms with Crippen molar-refractivity contribution in [3.05, 3.63) is 67.8 Å². The van der Waals surface area contributed by atoms with Crippen LogP contribution in [0.5, 0.6) is 0 Å². The van der Waals surface area contributed by atoms with Crippen LogP contribution < -0.4 is 4.90 Å². The molecule has 1 aromatic carbocycles. The highest BCUT2D eigenvalue weighted by Crippen LogP contribution is 2.37. The highest BCUT2D eigenvalue weighted by atomic mass is 32.1. The van der Waals surface area contributed by atoms with E-state index in [9.17, 15) is 9.59 Å². The van der Waals surface area contributed by atoms with Gasteiger partial charge in [0.05, 0.1) is 22.9 Å². The van der Waals surface area contributed by atoms with Crippen molar-refractivity contribution in [3.63, 3.8) is 0 Å². The molecule has 0 saturated carbocycles. The summed E-state index contributed by atoms with van der Waals surface area (Å²) in [4.78, 5) is 38.3. The number of imide groups is 1. The number of rotatable bonds is 5. The van der Waals surface area contributed by atoms with E-state index in [-0.39, 0.29) is 17.9 Å². The van der Waals surface area contributed by atoms with Gasteiger partial charge in [-0.05, 0) is 43.0 Å². The molecule has 5 rings (SSSR count). The Morgan fingerprint density at radius 1 is 1.03 bits per heavy atom. The molecule has 0 bridgehead atoms. The van der Waals surface area contributed by atoms with Crippen LogP contribution in [0.3, 0.4) is 0 Å². The lowest BCUT2D eigenvalue weighted by Gasteiger charge is -2.36. The van der Waals surface area contributed by atoms with E-state index in [1.807, 2.05) is 35.8 Å². The first-order valence-corrected chi connectivity index (χ1v) is 12.2. The lowest BCUT2D eigenvalue weighted by molar-refractivity contribution is 0.0595. The molecule has 1 unspecified atom stereocenters. The molecule has 1 saturated heterocycles. The van der Waals surface area contributed by atoms with Crippen LogP contribution in [-0.2, 0) is 6.54 Å². The summed E-state index contributed by atoms with van der Waals surface area (Å²) in [5, 5.41) is 4.79. The summed E-state index contributed by atoms with van der Waals surface area (Å²) in [6.07, 6.45) is 1.71. The monoisotopic (exact) mass is 452 g/mol. The van der Waals surface area contributed by atoms with Gasteiger partial charge in [0.2, 0.25) is 0 Å². The third-order valence-corrected chi connectivity index (χ3v) is 8.12. The Balaban J connectivity index is 1.35. The molecule has 0 N–H and O–H groups in total. The number of nitrogens with zero attached hydrogens (tertiary/aromatic N) is 4. The highest BCUT2D eigenvalue weighted by Gasteiger charge is 2.42. The van der Waals surface area contributed by atoms with Crippen LogP contribution in [0.1, 0.15) is 49.1 Å². The zero-order valence-corrected chi connectivity index (χ0v) is 19.2. The van der Waals surface area contributed by atoms with Crippen LogP contribution in [0.4, 0.5) is 5.69 Å². The second-order valence-electron chi connectivity index (χ2n) is 8.02. The van der Waals surface area contributed by atoms with Crippen molar-refractivity contribution in [2.45, 2.75) is 26.4 Å². The average molecular weight is 453 g/mol. The Morgan fingerprint density at radius 3 is 2.52 bits per heavy atom. The highest BCUT2D eigenvalue weighted by molar-refractivity contribution is 7.10. The van der Waals surface area contributed by atoms with E-state index < -0.39 is 0 Å². The van der Waals surface area contributed by atoms with Crippen LogP contribution >= 0.6 is 22.7 Å². The van der Waals surface area contributed by atoms with Crippen molar-refractivity contribution < 1.29 is 9.59 Å². The molecular weight excluding hydrogens is 428 g/mol. The number of hydrogen-bond acceptors (Lipinski definition) is 7. The van der Waals surface area contributed by atoms with Gasteiger partial charge in [-0.25, -0.2) is 4.98 Å². The minimum atomic E-state index is -0.369. The number of aryl methyl sites for hydroxylation is 1. The summed E-state index contributed by atoms with van der Waals surface area (Å²) in [5.74, 6) is -0.439. The maximum atomic E-state index is 13.4. The second kappa shape index (κ2) is 8.18. The molecule has 0 radical (unpaired) electrons. The second-order valence-corrected chi connectivity index (χ2v) is 9.94. The van der Waals surface area contributed by atoms with Gasteiger partial charge in [0.1, 0.15) is 5.01 Å². The standard InChI is InChI=1S/C23H24N4O2S2/c1-15-6-12-30-19(15)14-25-8-10-26(11-9-25)18-5-3-4-17-20(18)23(29)27(22(17)28)16(2)21-24-7-13-31-21/h3-7,12-13,16H,8-11,14H2,1-2H3. The van der Waals surface area contributed by atoms with Crippen molar-refractivity contribution in [1.82, 2.24) is 14.8 Å². The summed E-state index contributed by atoms with van der Waals surface area (Å²) in [5.41, 5.74) is 3.27. The Bertz CT molecular complexity index is 1120. The molecule has 2 aliphatic rings. The fraction of sp³-hybridized carbons (Fsp3) is 0.348. The Morgan fingerprint density at radius 2 is 1.84 bits per heavy atom. The fourth-order valence-electron chi connectivity index (χ4n) is 4.37. The molecule has 0 aliphatic carbocycles. The van der Waals surface area contributed by atoms with E-state index in [4.69, 9.17) is 0 Å². The number of fused-ring (bicyclic) bond motifs is 1. The number of carbonyl (C=O) groups excluding carboxylic acids is 2. The number of anilines is 1. The number of aromatic nitrogens is 1. The normalized spacial score (nSPS) is 18.0. The molecule has 1 fully saturated rings. The maximum absolute atomic E-state index is 13.4. The number of amides is 2. The van der Waals surface area contributed by atoms with E-state index in [2.05, 4.69) is 33.2 Å². The minimum Gasteiger partial charge on any atom is -0.368 e. The van der Waals surface area contributed by atoms with E-state index in [1.165, 1.54) is 26.7 Å². The molecule has 2 amide bonds. The van der Waals surface area contributed by atoms with E-state index in [0.29, 0.717) is 11.1 Å². The van der Waals surface area contributed by atoms with Crippen LogP contribution in [0.25, 0.3) is 0 Å². The molecule has 160 valence electrons. The van der Waals surface area contributed by atoms with Crippen LogP contribution in [0.2, 0.25) is 0 Å². The molecule has 31 heavy (non-hydrogen) atoms. The van der Waals surface area contributed by atoms with Gasteiger partial charge in [-0.15, -0.1) is 22.7 Å². The Labute approximate surface area is 189 Å². The van der Waals surface area contributed by atoms with Crippen LogP contribution in [0.15, 0.2) is 41.2 Å². The first kappa shape index (κ1) is 20.4. The lowest BCUT2D eigenvalue weighted by Crippen LogP contribution is -2.46. The third-order valence-electron chi connectivity index (χ3n) is 6.17. The molecule has 6 nitrogen and oxygen atoms in total. The molecule has 0 spiro atoms. The van der Waals surface area contributed by atoms with Gasteiger partial charge in [0.15, 0.2) is 0 Å². The first-order chi connectivity index (χ1) is 15.0. The molecule has 4 heterocycles.